The molecule has 1 atom stereocenters. The highest BCUT2D eigenvalue weighted by Gasteiger charge is 2.28. The van der Waals surface area contributed by atoms with E-state index in [9.17, 15) is 4.79 Å². The number of aromatic nitrogens is 2. The van der Waals surface area contributed by atoms with Gasteiger partial charge in [-0.05, 0) is 27.7 Å². The number of aryl methyl sites for hydroxylation is 1. The Kier molecular flexibility index (Phi) is 4.20. The molecule has 5 heteroatoms. The Bertz CT molecular complexity index is 412. The number of carbonyl (C=O) groups excluding carboxylic acids is 1. The molecule has 96 valence electrons. The summed E-state index contributed by atoms with van der Waals surface area (Å²) in [5.41, 5.74) is 1.54. The predicted octanol–water partition coefficient (Wildman–Crippen LogP) is 2.17. The predicted molar refractivity (Wildman–Crippen MR) is 69.0 cm³/mol. The Morgan fingerprint density at radius 3 is 2.65 bits per heavy atom. The van der Waals surface area contributed by atoms with Crippen molar-refractivity contribution < 1.29 is 4.79 Å². The van der Waals surface area contributed by atoms with Crippen LogP contribution in [-0.2, 0) is 11.8 Å². The Labute approximate surface area is 107 Å². The molecule has 0 fully saturated rings. The fourth-order valence-electron chi connectivity index (χ4n) is 1.47. The second-order valence-corrected chi connectivity index (χ2v) is 5.29. The first kappa shape index (κ1) is 14.0. The first-order chi connectivity index (χ1) is 7.79. The molecule has 1 amide bonds. The summed E-state index contributed by atoms with van der Waals surface area (Å²) in [4.78, 5) is 12.0. The molecule has 1 rings (SSSR count). The maximum Gasteiger partial charge on any atom is 0.227 e. The third kappa shape index (κ3) is 3.00. The van der Waals surface area contributed by atoms with Crippen molar-refractivity contribution in [2.75, 3.05) is 5.88 Å². The molecule has 17 heavy (non-hydrogen) atoms. The Morgan fingerprint density at radius 1 is 1.65 bits per heavy atom. The Hall–Kier alpha value is -1.03. The molecule has 0 bridgehead atoms. The van der Waals surface area contributed by atoms with E-state index in [0.29, 0.717) is 5.88 Å². The Morgan fingerprint density at radius 2 is 2.24 bits per heavy atom. The van der Waals surface area contributed by atoms with E-state index in [0.717, 1.165) is 11.3 Å². The summed E-state index contributed by atoms with van der Waals surface area (Å²) in [7, 11) is 1.88. The highest BCUT2D eigenvalue weighted by atomic mass is 35.5. The quantitative estimate of drug-likeness (QED) is 0.841. The maximum atomic E-state index is 12.0. The van der Waals surface area contributed by atoms with E-state index in [2.05, 4.69) is 10.4 Å². The molecule has 0 aromatic carbocycles. The minimum atomic E-state index is -0.550. The number of alkyl halides is 1. The molecule has 0 aliphatic heterocycles. The summed E-state index contributed by atoms with van der Waals surface area (Å²) in [5.74, 6) is 0.264. The molecule has 0 saturated heterocycles. The van der Waals surface area contributed by atoms with Gasteiger partial charge in [0.25, 0.3) is 0 Å². The van der Waals surface area contributed by atoms with Crippen LogP contribution in [0.15, 0.2) is 6.20 Å². The number of rotatable bonds is 4. The van der Waals surface area contributed by atoms with Gasteiger partial charge < -0.3 is 5.32 Å². The highest BCUT2D eigenvalue weighted by molar-refractivity contribution is 6.19. The van der Waals surface area contributed by atoms with E-state index in [1.54, 1.807) is 10.9 Å². The lowest BCUT2D eigenvalue weighted by Gasteiger charge is -2.23. The molecule has 0 radical (unpaired) electrons. The van der Waals surface area contributed by atoms with E-state index in [1.807, 2.05) is 34.7 Å². The van der Waals surface area contributed by atoms with Gasteiger partial charge in [-0.3, -0.25) is 9.48 Å². The molecule has 0 aliphatic rings. The van der Waals surface area contributed by atoms with Crippen LogP contribution in [0.4, 0.5) is 0 Å². The van der Waals surface area contributed by atoms with Gasteiger partial charge in [-0.2, -0.15) is 5.10 Å². The smallest absolute Gasteiger partial charge is 0.227 e. The summed E-state index contributed by atoms with van der Waals surface area (Å²) in [6.07, 6.45) is 1.79. The van der Waals surface area contributed by atoms with Crippen LogP contribution < -0.4 is 5.32 Å². The number of nitrogens with zero attached hydrogens (tertiary/aromatic N) is 2. The summed E-state index contributed by atoms with van der Waals surface area (Å²) in [6, 6.07) is -0.0568. The Balaban J connectivity index is 2.77. The van der Waals surface area contributed by atoms with Crippen molar-refractivity contribution in [3.8, 4) is 0 Å². The second kappa shape index (κ2) is 5.08. The molecular weight excluding hydrogens is 238 g/mol. The highest BCUT2D eigenvalue weighted by Crippen LogP contribution is 2.21. The fraction of sp³-hybridized carbons (Fsp3) is 0.667. The van der Waals surface area contributed by atoms with Crippen molar-refractivity contribution >= 4 is 17.5 Å². The van der Waals surface area contributed by atoms with E-state index < -0.39 is 5.41 Å². The standard InChI is InChI=1S/C12H20ClN3O/c1-8(10-6-14-16(5)9(10)2)15-11(17)12(3,4)7-13/h6,8H,7H2,1-5H3,(H,15,17). The number of hydrogen-bond acceptors (Lipinski definition) is 2. The number of hydrogen-bond donors (Lipinski definition) is 1. The minimum Gasteiger partial charge on any atom is -0.349 e. The van der Waals surface area contributed by atoms with Gasteiger partial charge >= 0.3 is 0 Å². The van der Waals surface area contributed by atoms with Crippen molar-refractivity contribution in [2.24, 2.45) is 12.5 Å². The van der Waals surface area contributed by atoms with E-state index in [4.69, 9.17) is 11.6 Å². The zero-order chi connectivity index (χ0) is 13.2. The van der Waals surface area contributed by atoms with Crippen LogP contribution in [0.25, 0.3) is 0 Å². The monoisotopic (exact) mass is 257 g/mol. The number of amides is 1. The molecular formula is C12H20ClN3O. The summed E-state index contributed by atoms with van der Waals surface area (Å²) >= 11 is 5.78. The molecule has 1 aromatic heterocycles. The number of nitrogens with one attached hydrogen (secondary N) is 1. The summed E-state index contributed by atoms with van der Waals surface area (Å²) in [5, 5.41) is 7.13. The second-order valence-electron chi connectivity index (χ2n) is 5.02. The molecule has 1 heterocycles. The van der Waals surface area contributed by atoms with Gasteiger partial charge in [0.15, 0.2) is 0 Å². The largest absolute Gasteiger partial charge is 0.349 e. The van der Waals surface area contributed by atoms with Crippen LogP contribution in [0.2, 0.25) is 0 Å². The molecule has 4 nitrogen and oxygen atoms in total. The van der Waals surface area contributed by atoms with Crippen LogP contribution in [0.1, 0.15) is 38.1 Å². The molecule has 1 unspecified atom stereocenters. The molecule has 0 spiro atoms. The number of carbonyl (C=O) groups is 1. The van der Waals surface area contributed by atoms with Crippen molar-refractivity contribution in [2.45, 2.75) is 33.7 Å². The van der Waals surface area contributed by atoms with Crippen molar-refractivity contribution in [1.29, 1.82) is 0 Å². The fourth-order valence-corrected chi connectivity index (χ4v) is 1.59. The SMILES string of the molecule is Cc1c(C(C)NC(=O)C(C)(C)CCl)cnn1C. The third-order valence-electron chi connectivity index (χ3n) is 3.04. The lowest BCUT2D eigenvalue weighted by molar-refractivity contribution is -0.129. The van der Waals surface area contributed by atoms with Crippen LogP contribution in [0.3, 0.4) is 0 Å². The van der Waals surface area contributed by atoms with E-state index in [1.165, 1.54) is 0 Å². The third-order valence-corrected chi connectivity index (χ3v) is 3.70. The van der Waals surface area contributed by atoms with Gasteiger partial charge in [0.1, 0.15) is 0 Å². The number of halogens is 1. The van der Waals surface area contributed by atoms with E-state index >= 15 is 0 Å². The van der Waals surface area contributed by atoms with Crippen LogP contribution >= 0.6 is 11.6 Å². The summed E-state index contributed by atoms with van der Waals surface area (Å²) < 4.78 is 1.80. The average molecular weight is 258 g/mol. The molecule has 0 saturated carbocycles. The van der Waals surface area contributed by atoms with Gasteiger partial charge in [-0.15, -0.1) is 11.6 Å². The van der Waals surface area contributed by atoms with Gasteiger partial charge in [-0.1, -0.05) is 0 Å². The van der Waals surface area contributed by atoms with Crippen LogP contribution in [0.5, 0.6) is 0 Å². The first-order valence-corrected chi connectivity index (χ1v) is 6.18. The van der Waals surface area contributed by atoms with Crippen molar-refractivity contribution in [3.05, 3.63) is 17.5 Å². The normalized spacial score (nSPS) is 13.5. The lowest BCUT2D eigenvalue weighted by atomic mass is 9.94. The van der Waals surface area contributed by atoms with Crippen LogP contribution in [-0.4, -0.2) is 21.6 Å². The van der Waals surface area contributed by atoms with Gasteiger partial charge in [-0.25, -0.2) is 0 Å². The zero-order valence-electron chi connectivity index (χ0n) is 11.0. The molecule has 1 N–H and O–H groups in total. The minimum absolute atomic E-state index is 0.0387. The van der Waals surface area contributed by atoms with Gasteiger partial charge in [0.2, 0.25) is 5.91 Å². The lowest BCUT2D eigenvalue weighted by Crippen LogP contribution is -2.39. The molecule has 1 aromatic rings. The topological polar surface area (TPSA) is 46.9 Å². The van der Waals surface area contributed by atoms with Gasteiger partial charge in [0, 0.05) is 24.2 Å². The zero-order valence-corrected chi connectivity index (χ0v) is 11.8. The van der Waals surface area contributed by atoms with Crippen LogP contribution in [0, 0.1) is 12.3 Å². The van der Waals surface area contributed by atoms with Crippen molar-refractivity contribution in [3.63, 3.8) is 0 Å². The van der Waals surface area contributed by atoms with Crippen molar-refractivity contribution in [1.82, 2.24) is 15.1 Å². The maximum absolute atomic E-state index is 12.0. The summed E-state index contributed by atoms with van der Waals surface area (Å²) in [6.45, 7) is 7.60. The molecule has 0 aliphatic carbocycles. The first-order valence-electron chi connectivity index (χ1n) is 5.65. The van der Waals surface area contributed by atoms with E-state index in [-0.39, 0.29) is 11.9 Å². The van der Waals surface area contributed by atoms with Gasteiger partial charge in [0.05, 0.1) is 17.7 Å². The average Bonchev–Trinajstić information content (AvgIpc) is 2.59.